The standard InChI is InChI=1S/C17H20Cl2N2O4/c1-3-11-6-4-5-7-12(11)21-13(22)8-20-14(23)9-25-15(24)16(2)10-17(16,18)19/h4-7H,3,8-10H2,1-2H3,(H,20,23)(H,21,22)/t16-/m0/s1. The second-order valence-electron chi connectivity index (χ2n) is 6.13. The summed E-state index contributed by atoms with van der Waals surface area (Å²) in [4.78, 5) is 35.5. The lowest BCUT2D eigenvalue weighted by Gasteiger charge is -2.12. The highest BCUT2D eigenvalue weighted by Gasteiger charge is 2.69. The van der Waals surface area contributed by atoms with Gasteiger partial charge in [0.2, 0.25) is 5.91 Å². The first kappa shape index (κ1) is 19.5. The number of nitrogens with one attached hydrogen (secondary N) is 2. The van der Waals surface area contributed by atoms with Gasteiger partial charge in [0, 0.05) is 12.1 Å². The number of rotatable bonds is 7. The molecule has 136 valence electrons. The topological polar surface area (TPSA) is 84.5 Å². The van der Waals surface area contributed by atoms with Gasteiger partial charge in [0.15, 0.2) is 6.61 Å². The Morgan fingerprint density at radius 3 is 2.44 bits per heavy atom. The van der Waals surface area contributed by atoms with Crippen molar-refractivity contribution in [3.63, 3.8) is 0 Å². The quantitative estimate of drug-likeness (QED) is 0.556. The first-order chi connectivity index (χ1) is 11.7. The number of alkyl halides is 2. The Hall–Kier alpha value is -1.79. The number of para-hydroxylation sites is 1. The van der Waals surface area contributed by atoms with Gasteiger partial charge in [-0.1, -0.05) is 25.1 Å². The van der Waals surface area contributed by atoms with E-state index in [1.807, 2.05) is 25.1 Å². The molecule has 1 aliphatic rings. The van der Waals surface area contributed by atoms with E-state index in [9.17, 15) is 14.4 Å². The zero-order valence-electron chi connectivity index (χ0n) is 14.0. The molecule has 0 aromatic heterocycles. The molecule has 1 aromatic carbocycles. The van der Waals surface area contributed by atoms with E-state index >= 15 is 0 Å². The van der Waals surface area contributed by atoms with Crippen LogP contribution in [0.25, 0.3) is 0 Å². The van der Waals surface area contributed by atoms with Gasteiger partial charge in [-0.15, -0.1) is 23.2 Å². The third-order valence-corrected chi connectivity index (χ3v) is 5.26. The summed E-state index contributed by atoms with van der Waals surface area (Å²) < 4.78 is 3.76. The molecular formula is C17H20Cl2N2O4. The third-order valence-electron chi connectivity index (χ3n) is 4.16. The molecule has 0 saturated heterocycles. The molecule has 0 bridgehead atoms. The number of halogens is 2. The first-order valence-electron chi connectivity index (χ1n) is 7.89. The van der Waals surface area contributed by atoms with Crippen LogP contribution in [0.1, 0.15) is 25.8 Å². The number of amides is 2. The summed E-state index contributed by atoms with van der Waals surface area (Å²) in [5, 5.41) is 5.12. The van der Waals surface area contributed by atoms with Gasteiger partial charge < -0.3 is 15.4 Å². The van der Waals surface area contributed by atoms with Gasteiger partial charge in [-0.25, -0.2) is 0 Å². The second-order valence-corrected chi connectivity index (χ2v) is 7.61. The molecule has 25 heavy (non-hydrogen) atoms. The lowest BCUT2D eigenvalue weighted by atomic mass is 10.1. The minimum Gasteiger partial charge on any atom is -0.455 e. The summed E-state index contributed by atoms with van der Waals surface area (Å²) in [6.07, 6.45) is 1.06. The number of benzene rings is 1. The number of anilines is 1. The summed E-state index contributed by atoms with van der Waals surface area (Å²) in [6, 6.07) is 7.42. The highest BCUT2D eigenvalue weighted by molar-refractivity contribution is 6.53. The summed E-state index contributed by atoms with van der Waals surface area (Å²) in [5.74, 6) is -1.57. The Morgan fingerprint density at radius 2 is 1.84 bits per heavy atom. The van der Waals surface area contributed by atoms with Gasteiger partial charge in [-0.2, -0.15) is 0 Å². The van der Waals surface area contributed by atoms with Crippen molar-refractivity contribution in [3.05, 3.63) is 29.8 Å². The number of carbonyl (C=O) groups is 3. The van der Waals surface area contributed by atoms with Crippen molar-refractivity contribution < 1.29 is 19.1 Å². The average molecular weight is 387 g/mol. The number of esters is 1. The molecule has 0 spiro atoms. The van der Waals surface area contributed by atoms with Crippen molar-refractivity contribution in [1.29, 1.82) is 0 Å². The molecule has 0 unspecified atom stereocenters. The maximum absolute atomic E-state index is 11.9. The zero-order valence-corrected chi connectivity index (χ0v) is 15.5. The van der Waals surface area contributed by atoms with Crippen molar-refractivity contribution in [2.24, 2.45) is 5.41 Å². The molecule has 6 nitrogen and oxygen atoms in total. The molecule has 1 atom stereocenters. The zero-order chi connectivity index (χ0) is 18.7. The van der Waals surface area contributed by atoms with E-state index in [2.05, 4.69) is 10.6 Å². The molecule has 1 fully saturated rings. The summed E-state index contributed by atoms with van der Waals surface area (Å²) in [7, 11) is 0. The molecule has 2 N–H and O–H groups in total. The van der Waals surface area contributed by atoms with Crippen LogP contribution in [0.2, 0.25) is 0 Å². The second kappa shape index (κ2) is 7.62. The summed E-state index contributed by atoms with van der Waals surface area (Å²) >= 11 is 11.7. The van der Waals surface area contributed by atoms with Crippen molar-refractivity contribution >= 4 is 46.7 Å². The molecule has 0 radical (unpaired) electrons. The number of hydrogen-bond acceptors (Lipinski definition) is 4. The molecule has 0 aliphatic heterocycles. The molecular weight excluding hydrogens is 367 g/mol. The molecule has 1 aromatic rings. The van der Waals surface area contributed by atoms with Crippen molar-refractivity contribution in [2.75, 3.05) is 18.5 Å². The monoisotopic (exact) mass is 386 g/mol. The molecule has 1 aliphatic carbocycles. The summed E-state index contributed by atoms with van der Waals surface area (Å²) in [5.41, 5.74) is 0.717. The van der Waals surface area contributed by atoms with Crippen LogP contribution in [0.15, 0.2) is 24.3 Å². The number of ether oxygens (including phenoxy) is 1. The van der Waals surface area contributed by atoms with Gasteiger partial charge >= 0.3 is 5.97 Å². The van der Waals surface area contributed by atoms with E-state index in [1.54, 1.807) is 13.0 Å². The molecule has 2 amide bonds. The highest BCUT2D eigenvalue weighted by atomic mass is 35.5. The third kappa shape index (κ3) is 4.64. The molecule has 1 saturated carbocycles. The van der Waals surface area contributed by atoms with E-state index in [1.165, 1.54) is 0 Å². The van der Waals surface area contributed by atoms with E-state index < -0.39 is 28.2 Å². The Morgan fingerprint density at radius 1 is 1.20 bits per heavy atom. The number of hydrogen-bond donors (Lipinski definition) is 2. The SMILES string of the molecule is CCc1ccccc1NC(=O)CNC(=O)COC(=O)[C@]1(C)CC1(Cl)Cl. The fourth-order valence-corrected chi connectivity index (χ4v) is 2.98. The Bertz CT molecular complexity index is 693. The van der Waals surface area contributed by atoms with Crippen LogP contribution in [0.4, 0.5) is 5.69 Å². The predicted molar refractivity (Wildman–Crippen MR) is 95.6 cm³/mol. The predicted octanol–water partition coefficient (Wildman–Crippen LogP) is 2.43. The van der Waals surface area contributed by atoms with Crippen LogP contribution in [-0.4, -0.2) is 35.3 Å². The van der Waals surface area contributed by atoms with Crippen molar-refractivity contribution in [1.82, 2.24) is 5.32 Å². The Labute approximate surface area is 156 Å². The van der Waals surface area contributed by atoms with E-state index in [0.717, 1.165) is 12.0 Å². The highest BCUT2D eigenvalue weighted by Crippen LogP contribution is 2.64. The fraction of sp³-hybridized carbons (Fsp3) is 0.471. The van der Waals surface area contributed by atoms with Gasteiger partial charge in [-0.3, -0.25) is 14.4 Å². The first-order valence-corrected chi connectivity index (χ1v) is 8.64. The van der Waals surface area contributed by atoms with Crippen molar-refractivity contribution in [3.8, 4) is 0 Å². The van der Waals surface area contributed by atoms with Gasteiger partial charge in [0.05, 0.1) is 6.54 Å². The lowest BCUT2D eigenvalue weighted by Crippen LogP contribution is -2.36. The number of aryl methyl sites for hydroxylation is 1. The van der Waals surface area contributed by atoms with Crippen LogP contribution in [0, 0.1) is 5.41 Å². The average Bonchev–Trinajstić information content (AvgIpc) is 3.10. The van der Waals surface area contributed by atoms with Crippen LogP contribution < -0.4 is 10.6 Å². The number of carbonyl (C=O) groups excluding carboxylic acids is 3. The van der Waals surface area contributed by atoms with Crippen LogP contribution in [0.5, 0.6) is 0 Å². The molecule has 2 rings (SSSR count). The fourth-order valence-electron chi connectivity index (χ4n) is 2.29. The molecule has 8 heteroatoms. The minimum atomic E-state index is -1.15. The molecule has 0 heterocycles. The maximum Gasteiger partial charge on any atom is 0.315 e. The Kier molecular flexibility index (Phi) is 5.95. The van der Waals surface area contributed by atoms with Gasteiger partial charge in [0.1, 0.15) is 9.75 Å². The minimum absolute atomic E-state index is 0.222. The Balaban J connectivity index is 1.73. The van der Waals surface area contributed by atoms with Gasteiger partial charge in [-0.05, 0) is 25.0 Å². The normalized spacial score (nSPS) is 20.5. The van der Waals surface area contributed by atoms with E-state index in [4.69, 9.17) is 27.9 Å². The van der Waals surface area contributed by atoms with Crippen LogP contribution in [0.3, 0.4) is 0 Å². The van der Waals surface area contributed by atoms with Crippen LogP contribution in [-0.2, 0) is 25.5 Å². The van der Waals surface area contributed by atoms with E-state index in [0.29, 0.717) is 5.69 Å². The van der Waals surface area contributed by atoms with E-state index in [-0.39, 0.29) is 18.9 Å². The summed E-state index contributed by atoms with van der Waals surface area (Å²) in [6.45, 7) is 2.85. The van der Waals surface area contributed by atoms with Crippen LogP contribution >= 0.6 is 23.2 Å². The lowest BCUT2D eigenvalue weighted by molar-refractivity contribution is -0.153. The van der Waals surface area contributed by atoms with Gasteiger partial charge in [0.25, 0.3) is 5.91 Å². The largest absolute Gasteiger partial charge is 0.455 e. The maximum atomic E-state index is 11.9. The smallest absolute Gasteiger partial charge is 0.315 e. The van der Waals surface area contributed by atoms with Crippen molar-refractivity contribution in [2.45, 2.75) is 31.0 Å².